The van der Waals surface area contributed by atoms with Crippen molar-refractivity contribution in [2.24, 2.45) is 0 Å². The van der Waals surface area contributed by atoms with E-state index in [4.69, 9.17) is 0 Å². The molecule has 1 aliphatic carbocycles. The van der Waals surface area contributed by atoms with E-state index in [0.29, 0.717) is 12.0 Å². The van der Waals surface area contributed by atoms with Crippen LogP contribution >= 0.6 is 11.3 Å². The number of thiophene rings is 1. The quantitative estimate of drug-likeness (QED) is 0.912. The molecule has 0 spiro atoms. The van der Waals surface area contributed by atoms with Gasteiger partial charge in [0, 0.05) is 10.4 Å². The monoisotopic (exact) mass is 275 g/mol. The lowest BCUT2D eigenvalue weighted by Crippen LogP contribution is -2.36. The Balaban J connectivity index is 1.73. The number of carbonyl (C=O) groups is 1. The van der Waals surface area contributed by atoms with Crippen molar-refractivity contribution in [3.8, 4) is 0 Å². The van der Waals surface area contributed by atoms with E-state index in [1.807, 2.05) is 23.6 Å². The first-order valence-corrected chi connectivity index (χ1v) is 7.16. The van der Waals surface area contributed by atoms with Gasteiger partial charge in [-0.2, -0.15) is 0 Å². The summed E-state index contributed by atoms with van der Waals surface area (Å²) < 4.78 is 13.8. The van der Waals surface area contributed by atoms with Crippen molar-refractivity contribution in [1.29, 1.82) is 0 Å². The molecular weight excluding hydrogens is 261 g/mol. The van der Waals surface area contributed by atoms with Gasteiger partial charge >= 0.3 is 0 Å². The summed E-state index contributed by atoms with van der Waals surface area (Å²) in [4.78, 5) is 13.1. The van der Waals surface area contributed by atoms with Crippen LogP contribution in [0, 0.1) is 5.82 Å². The fraction of sp³-hybridized carbons (Fsp3) is 0.267. The molecule has 0 radical (unpaired) electrons. The third kappa shape index (κ3) is 2.54. The maximum Gasteiger partial charge on any atom is 0.225 e. The van der Waals surface area contributed by atoms with Crippen LogP contribution in [0.2, 0.25) is 0 Å². The van der Waals surface area contributed by atoms with Gasteiger partial charge in [-0.25, -0.2) is 4.39 Å². The zero-order valence-electron chi connectivity index (χ0n) is 10.4. The average molecular weight is 275 g/mol. The molecule has 2 nitrogen and oxygen atoms in total. The molecule has 0 aliphatic heterocycles. The van der Waals surface area contributed by atoms with E-state index in [0.717, 1.165) is 17.7 Å². The Morgan fingerprint density at radius 1 is 1.26 bits per heavy atom. The second-order valence-electron chi connectivity index (χ2n) is 4.87. The lowest BCUT2D eigenvalue weighted by Gasteiger charge is -2.18. The molecule has 1 aromatic heterocycles. The highest BCUT2D eigenvalue weighted by atomic mass is 32.1. The number of hydrogen-bond acceptors (Lipinski definition) is 2. The number of carbonyl (C=O) groups excluding carboxylic acids is 1. The largest absolute Gasteiger partial charge is 0.346 e. The summed E-state index contributed by atoms with van der Waals surface area (Å²) in [6, 6.07) is 10.5. The smallest absolute Gasteiger partial charge is 0.225 e. The molecule has 1 saturated carbocycles. The minimum Gasteiger partial charge on any atom is -0.346 e. The van der Waals surface area contributed by atoms with E-state index < -0.39 is 5.54 Å². The highest BCUT2D eigenvalue weighted by Crippen LogP contribution is 2.46. The van der Waals surface area contributed by atoms with Crippen LogP contribution in [-0.4, -0.2) is 5.91 Å². The zero-order valence-corrected chi connectivity index (χ0v) is 11.2. The molecule has 0 bridgehead atoms. The van der Waals surface area contributed by atoms with Crippen LogP contribution in [0.4, 0.5) is 4.39 Å². The summed E-state index contributed by atoms with van der Waals surface area (Å²) in [7, 11) is 0. The molecule has 1 amide bonds. The third-order valence-corrected chi connectivity index (χ3v) is 4.31. The van der Waals surface area contributed by atoms with Crippen molar-refractivity contribution in [2.75, 3.05) is 0 Å². The summed E-state index contributed by atoms with van der Waals surface area (Å²) in [5.74, 6) is -0.278. The molecule has 0 atom stereocenters. The predicted molar refractivity (Wildman–Crippen MR) is 73.5 cm³/mol. The average Bonchev–Trinajstić information content (AvgIpc) is 2.97. The van der Waals surface area contributed by atoms with Crippen molar-refractivity contribution in [3.05, 3.63) is 58.0 Å². The Hall–Kier alpha value is -1.68. The number of benzene rings is 1. The highest BCUT2D eigenvalue weighted by Gasteiger charge is 2.47. The first kappa shape index (κ1) is 12.4. The number of halogens is 1. The molecule has 3 rings (SSSR count). The molecule has 1 heterocycles. The fourth-order valence-corrected chi connectivity index (χ4v) is 3.02. The standard InChI is InChI=1S/C15H14FNOS/c16-13-6-2-1-5-12(13)15(7-8-15)17-14(18)10-11-4-3-9-19-11/h1-6,9H,7-8,10H2,(H,17,18). The van der Waals surface area contributed by atoms with Gasteiger partial charge in [0.15, 0.2) is 0 Å². The number of nitrogens with one attached hydrogen (secondary N) is 1. The van der Waals surface area contributed by atoms with Crippen LogP contribution in [0.25, 0.3) is 0 Å². The van der Waals surface area contributed by atoms with Crippen LogP contribution < -0.4 is 5.32 Å². The van der Waals surface area contributed by atoms with Crippen molar-refractivity contribution in [2.45, 2.75) is 24.8 Å². The van der Waals surface area contributed by atoms with Crippen molar-refractivity contribution in [3.63, 3.8) is 0 Å². The number of amides is 1. The highest BCUT2D eigenvalue weighted by molar-refractivity contribution is 7.10. The van der Waals surface area contributed by atoms with Gasteiger partial charge in [0.25, 0.3) is 0 Å². The van der Waals surface area contributed by atoms with Gasteiger partial charge in [-0.05, 0) is 30.4 Å². The van der Waals surface area contributed by atoms with Crippen LogP contribution in [0.15, 0.2) is 41.8 Å². The SMILES string of the molecule is O=C(Cc1cccs1)NC1(c2ccccc2F)CC1. The Kier molecular flexibility index (Phi) is 3.11. The zero-order chi connectivity index (χ0) is 13.3. The van der Waals surface area contributed by atoms with Crippen molar-refractivity contribution < 1.29 is 9.18 Å². The van der Waals surface area contributed by atoms with Gasteiger partial charge in [-0.15, -0.1) is 11.3 Å². The summed E-state index contributed by atoms with van der Waals surface area (Å²) >= 11 is 1.56. The fourth-order valence-electron chi connectivity index (χ4n) is 2.32. The summed E-state index contributed by atoms with van der Waals surface area (Å²) in [5.41, 5.74) is 0.134. The molecule has 1 fully saturated rings. The normalized spacial score (nSPS) is 16.1. The van der Waals surface area contributed by atoms with Crippen LogP contribution in [0.3, 0.4) is 0 Å². The van der Waals surface area contributed by atoms with E-state index in [1.54, 1.807) is 23.5 Å². The predicted octanol–water partition coefficient (Wildman–Crippen LogP) is 3.24. The maximum atomic E-state index is 13.8. The number of rotatable bonds is 4. The molecule has 98 valence electrons. The summed E-state index contributed by atoms with van der Waals surface area (Å²) in [6.45, 7) is 0. The lowest BCUT2D eigenvalue weighted by molar-refractivity contribution is -0.121. The van der Waals surface area contributed by atoms with E-state index in [9.17, 15) is 9.18 Å². The van der Waals surface area contributed by atoms with Gasteiger partial charge < -0.3 is 5.32 Å². The molecule has 19 heavy (non-hydrogen) atoms. The van der Waals surface area contributed by atoms with Crippen LogP contribution in [0.1, 0.15) is 23.3 Å². The first-order valence-electron chi connectivity index (χ1n) is 6.28. The summed E-state index contributed by atoms with van der Waals surface area (Å²) in [6.07, 6.45) is 1.99. The minimum absolute atomic E-state index is 0.0387. The first-order chi connectivity index (χ1) is 9.20. The van der Waals surface area contributed by atoms with E-state index in [2.05, 4.69) is 5.32 Å². The molecule has 4 heteroatoms. The third-order valence-electron chi connectivity index (χ3n) is 3.43. The molecule has 0 unspecified atom stereocenters. The summed E-state index contributed by atoms with van der Waals surface area (Å²) in [5, 5.41) is 4.94. The van der Waals surface area contributed by atoms with E-state index in [-0.39, 0.29) is 11.7 Å². The Morgan fingerprint density at radius 3 is 2.68 bits per heavy atom. The van der Waals surface area contributed by atoms with Gasteiger partial charge in [0.05, 0.1) is 12.0 Å². The molecule has 0 saturated heterocycles. The molecule has 1 aliphatic rings. The molecular formula is C15H14FNOS. The van der Waals surface area contributed by atoms with Crippen LogP contribution in [-0.2, 0) is 16.8 Å². The van der Waals surface area contributed by atoms with Gasteiger partial charge in [0.2, 0.25) is 5.91 Å². The Morgan fingerprint density at radius 2 is 2.05 bits per heavy atom. The second-order valence-corrected chi connectivity index (χ2v) is 5.90. The van der Waals surface area contributed by atoms with Gasteiger partial charge in [-0.3, -0.25) is 4.79 Å². The van der Waals surface area contributed by atoms with Crippen LogP contribution in [0.5, 0.6) is 0 Å². The van der Waals surface area contributed by atoms with Crippen molar-refractivity contribution >= 4 is 17.2 Å². The molecule has 2 aromatic rings. The molecule has 1 N–H and O–H groups in total. The minimum atomic E-state index is -0.473. The van der Waals surface area contributed by atoms with E-state index in [1.165, 1.54) is 6.07 Å². The second kappa shape index (κ2) is 4.78. The maximum absolute atomic E-state index is 13.8. The molecule has 1 aromatic carbocycles. The van der Waals surface area contributed by atoms with Gasteiger partial charge in [0.1, 0.15) is 5.82 Å². The topological polar surface area (TPSA) is 29.1 Å². The Labute approximate surface area is 115 Å². The van der Waals surface area contributed by atoms with Crippen molar-refractivity contribution in [1.82, 2.24) is 5.32 Å². The Bertz CT molecular complexity index is 590. The lowest BCUT2D eigenvalue weighted by atomic mass is 10.0. The number of hydrogen-bond donors (Lipinski definition) is 1. The van der Waals surface area contributed by atoms with Gasteiger partial charge in [-0.1, -0.05) is 24.3 Å². The van der Waals surface area contributed by atoms with E-state index >= 15 is 0 Å².